The van der Waals surface area contributed by atoms with Gasteiger partial charge in [0.25, 0.3) is 0 Å². The van der Waals surface area contributed by atoms with Crippen LogP contribution in [-0.2, 0) is 0 Å². The summed E-state index contributed by atoms with van der Waals surface area (Å²) in [6, 6.07) is 34.1. The van der Waals surface area contributed by atoms with Crippen LogP contribution in [0, 0.1) is 0 Å². The lowest BCUT2D eigenvalue weighted by atomic mass is 10.3. The van der Waals surface area contributed by atoms with Gasteiger partial charge in [0, 0.05) is 0 Å². The van der Waals surface area contributed by atoms with Crippen LogP contribution in [0.2, 0.25) is 0 Å². The number of methoxy groups -OCH3 is 4. The zero-order valence-electron chi connectivity index (χ0n) is 21.2. The molecular weight excluding hydrogens is 486 g/mol. The van der Waals surface area contributed by atoms with E-state index in [0.717, 1.165) is 35.3 Å². The molecule has 0 aliphatic rings. The van der Waals surface area contributed by atoms with Crippen molar-refractivity contribution in [2.45, 2.75) is 0 Å². The third kappa shape index (κ3) is 6.38. The highest BCUT2D eigenvalue weighted by Gasteiger charge is 2.20. The minimum Gasteiger partial charge on any atom is -0.497 e. The fraction of sp³-hybridized carbons (Fsp3) is 0.200. The first-order chi connectivity index (χ1) is 17.6. The van der Waals surface area contributed by atoms with E-state index in [9.17, 15) is 0 Å². The molecule has 4 aromatic carbocycles. The molecule has 0 spiro atoms. The second-order valence-electron chi connectivity index (χ2n) is 8.10. The van der Waals surface area contributed by atoms with Crippen molar-refractivity contribution in [3.63, 3.8) is 0 Å². The van der Waals surface area contributed by atoms with E-state index < -0.39 is 15.8 Å². The molecule has 4 rings (SSSR count). The summed E-state index contributed by atoms with van der Waals surface area (Å²) >= 11 is 0. The van der Waals surface area contributed by atoms with E-state index in [1.807, 2.05) is 0 Å². The van der Waals surface area contributed by atoms with Crippen molar-refractivity contribution in [3.8, 4) is 23.0 Å². The highest BCUT2D eigenvalue weighted by Crippen LogP contribution is 2.42. The Morgan fingerprint density at radius 1 is 0.361 bits per heavy atom. The van der Waals surface area contributed by atoms with Crippen LogP contribution in [0.15, 0.2) is 97.1 Å². The van der Waals surface area contributed by atoms with E-state index in [2.05, 4.69) is 97.1 Å². The standard InChI is InChI=1S/C30H32O4P2/c1-31-23-5-13-27(14-6-23)35(28-15-7-24(32-2)8-16-28)21-22-36(29-17-9-25(33-3)10-18-29)30-19-11-26(34-4)12-20-30/h5-20H,21-22H2,1-4H3. The average molecular weight is 519 g/mol. The lowest BCUT2D eigenvalue weighted by Crippen LogP contribution is -2.20. The summed E-state index contributed by atoms with van der Waals surface area (Å²) in [5.41, 5.74) is 0. The smallest absolute Gasteiger partial charge is 0.118 e. The number of benzene rings is 4. The Morgan fingerprint density at radius 3 is 0.722 bits per heavy atom. The Bertz CT molecular complexity index is 1010. The summed E-state index contributed by atoms with van der Waals surface area (Å²) < 4.78 is 21.6. The number of hydrogen-bond donors (Lipinski definition) is 0. The molecule has 0 fully saturated rings. The van der Waals surface area contributed by atoms with E-state index in [4.69, 9.17) is 18.9 Å². The fourth-order valence-electron chi connectivity index (χ4n) is 4.06. The lowest BCUT2D eigenvalue weighted by Gasteiger charge is -2.24. The molecule has 0 N–H and O–H groups in total. The maximum atomic E-state index is 5.41. The molecule has 4 nitrogen and oxygen atoms in total. The Hall–Kier alpha value is -3.06. The molecule has 186 valence electrons. The molecule has 0 bridgehead atoms. The molecule has 6 heteroatoms. The van der Waals surface area contributed by atoms with Gasteiger partial charge in [-0.1, -0.05) is 48.5 Å². The van der Waals surface area contributed by atoms with Crippen molar-refractivity contribution in [2.75, 3.05) is 40.8 Å². The minimum absolute atomic E-state index is 0.562. The van der Waals surface area contributed by atoms with Crippen molar-refractivity contribution < 1.29 is 18.9 Å². The van der Waals surface area contributed by atoms with Crippen LogP contribution >= 0.6 is 15.8 Å². The van der Waals surface area contributed by atoms with E-state index in [1.54, 1.807) is 28.4 Å². The van der Waals surface area contributed by atoms with Crippen molar-refractivity contribution in [2.24, 2.45) is 0 Å². The molecule has 0 aliphatic carbocycles. The molecule has 0 aromatic heterocycles. The maximum absolute atomic E-state index is 5.41. The molecule has 0 unspecified atom stereocenters. The van der Waals surface area contributed by atoms with Gasteiger partial charge in [0.05, 0.1) is 28.4 Å². The molecule has 0 amide bonds. The van der Waals surface area contributed by atoms with Crippen LogP contribution < -0.4 is 40.2 Å². The van der Waals surface area contributed by atoms with Crippen LogP contribution in [0.25, 0.3) is 0 Å². The lowest BCUT2D eigenvalue weighted by molar-refractivity contribution is 0.415. The predicted molar refractivity (Wildman–Crippen MR) is 154 cm³/mol. The average Bonchev–Trinajstić information content (AvgIpc) is 2.96. The molecule has 0 saturated heterocycles. The monoisotopic (exact) mass is 518 g/mol. The van der Waals surface area contributed by atoms with Crippen molar-refractivity contribution >= 4 is 37.1 Å². The van der Waals surface area contributed by atoms with Gasteiger partial charge in [0.15, 0.2) is 0 Å². The van der Waals surface area contributed by atoms with Crippen molar-refractivity contribution in [1.29, 1.82) is 0 Å². The predicted octanol–water partition coefficient (Wildman–Crippen LogP) is 5.29. The van der Waals surface area contributed by atoms with Gasteiger partial charge < -0.3 is 18.9 Å². The van der Waals surface area contributed by atoms with E-state index in [0.29, 0.717) is 0 Å². The number of hydrogen-bond acceptors (Lipinski definition) is 4. The topological polar surface area (TPSA) is 36.9 Å². The van der Waals surface area contributed by atoms with Gasteiger partial charge in [0.1, 0.15) is 23.0 Å². The molecule has 0 heterocycles. The summed E-state index contributed by atoms with van der Waals surface area (Å²) in [7, 11) is 5.70. The molecule has 4 aromatic rings. The molecule has 0 radical (unpaired) electrons. The van der Waals surface area contributed by atoms with Crippen LogP contribution in [0.3, 0.4) is 0 Å². The minimum atomic E-state index is -0.562. The fourth-order valence-corrected chi connectivity index (χ4v) is 9.33. The molecule has 36 heavy (non-hydrogen) atoms. The van der Waals surface area contributed by atoms with Crippen molar-refractivity contribution in [1.82, 2.24) is 0 Å². The third-order valence-corrected chi connectivity index (χ3v) is 11.5. The Balaban J connectivity index is 1.67. The number of rotatable bonds is 11. The zero-order chi connectivity index (χ0) is 25.3. The third-order valence-electron chi connectivity index (χ3n) is 6.08. The van der Waals surface area contributed by atoms with Gasteiger partial charge in [0.2, 0.25) is 0 Å². The van der Waals surface area contributed by atoms with Gasteiger partial charge in [-0.05, 0) is 97.9 Å². The van der Waals surface area contributed by atoms with Gasteiger partial charge in [-0.3, -0.25) is 0 Å². The molecule has 0 atom stereocenters. The van der Waals surface area contributed by atoms with Crippen LogP contribution in [0.1, 0.15) is 0 Å². The summed E-state index contributed by atoms with van der Waals surface area (Å²) in [6.07, 6.45) is 2.13. The van der Waals surface area contributed by atoms with E-state index in [1.165, 1.54) is 21.2 Å². The van der Waals surface area contributed by atoms with E-state index in [-0.39, 0.29) is 0 Å². The first-order valence-corrected chi connectivity index (χ1v) is 14.8. The Morgan fingerprint density at radius 2 is 0.556 bits per heavy atom. The van der Waals surface area contributed by atoms with Crippen molar-refractivity contribution in [3.05, 3.63) is 97.1 Å². The largest absolute Gasteiger partial charge is 0.497 e. The summed E-state index contributed by atoms with van der Waals surface area (Å²) in [5, 5.41) is 5.37. The highest BCUT2D eigenvalue weighted by molar-refractivity contribution is 7.76. The highest BCUT2D eigenvalue weighted by atomic mass is 31.1. The Kier molecular flexibility index (Phi) is 9.23. The van der Waals surface area contributed by atoms with Gasteiger partial charge >= 0.3 is 0 Å². The molecular formula is C30H32O4P2. The second-order valence-corrected chi connectivity index (χ2v) is 12.8. The van der Waals surface area contributed by atoms with Gasteiger partial charge in [-0.15, -0.1) is 0 Å². The quantitative estimate of drug-likeness (QED) is 0.253. The van der Waals surface area contributed by atoms with Crippen LogP contribution in [0.5, 0.6) is 23.0 Å². The maximum Gasteiger partial charge on any atom is 0.118 e. The van der Waals surface area contributed by atoms with Crippen LogP contribution in [-0.4, -0.2) is 40.8 Å². The van der Waals surface area contributed by atoms with E-state index >= 15 is 0 Å². The summed E-state index contributed by atoms with van der Waals surface area (Å²) in [6.45, 7) is 0. The zero-order valence-corrected chi connectivity index (χ0v) is 23.0. The van der Waals surface area contributed by atoms with Gasteiger partial charge in [-0.2, -0.15) is 0 Å². The summed E-state index contributed by atoms with van der Waals surface area (Å²) in [5.74, 6) is 3.51. The Labute approximate surface area is 216 Å². The number of ether oxygens (including phenoxy) is 4. The normalized spacial score (nSPS) is 10.9. The SMILES string of the molecule is COc1ccc(P(CCP(c2ccc(OC)cc2)c2ccc(OC)cc2)c2ccc(OC)cc2)cc1. The first kappa shape index (κ1) is 26.0. The van der Waals surface area contributed by atoms with Gasteiger partial charge in [-0.25, -0.2) is 0 Å². The van der Waals surface area contributed by atoms with Crippen LogP contribution in [0.4, 0.5) is 0 Å². The molecule has 0 saturated carbocycles. The second kappa shape index (κ2) is 12.8. The summed E-state index contributed by atoms with van der Waals surface area (Å²) in [4.78, 5) is 0. The molecule has 0 aliphatic heterocycles. The first-order valence-electron chi connectivity index (χ1n) is 11.8.